The van der Waals surface area contributed by atoms with Crippen LogP contribution in [-0.2, 0) is 4.79 Å². The highest BCUT2D eigenvalue weighted by Gasteiger charge is 2.34. The average Bonchev–Trinajstić information content (AvgIpc) is 2.35. The summed E-state index contributed by atoms with van der Waals surface area (Å²) in [5.41, 5.74) is -0.768. The number of amides is 1. The van der Waals surface area contributed by atoms with E-state index in [2.05, 4.69) is 10.6 Å². The minimum Gasteiger partial charge on any atom is -0.493 e. The third-order valence-corrected chi connectivity index (χ3v) is 2.86. The third-order valence-electron chi connectivity index (χ3n) is 2.86. The zero-order chi connectivity index (χ0) is 12.8. The normalized spacial score (nSPS) is 16.7. The van der Waals surface area contributed by atoms with Gasteiger partial charge in [0.2, 0.25) is 5.91 Å². The summed E-state index contributed by atoms with van der Waals surface area (Å²) >= 11 is 0. The van der Waals surface area contributed by atoms with Crippen molar-refractivity contribution < 1.29 is 14.6 Å². The van der Waals surface area contributed by atoms with E-state index >= 15 is 0 Å². The van der Waals surface area contributed by atoms with Crippen molar-refractivity contribution in [2.24, 2.45) is 0 Å². The molecule has 1 aliphatic heterocycles. The molecule has 98 valence electrons. The van der Waals surface area contributed by atoms with E-state index in [1.807, 2.05) is 30.3 Å². The van der Waals surface area contributed by atoms with Crippen LogP contribution in [0.1, 0.15) is 6.42 Å². The van der Waals surface area contributed by atoms with Crippen LogP contribution in [0.15, 0.2) is 30.3 Å². The molecular weight excluding hydrogens is 232 g/mol. The maximum atomic E-state index is 11.5. The van der Waals surface area contributed by atoms with Gasteiger partial charge < -0.3 is 20.5 Å². The number of para-hydroxylation sites is 1. The van der Waals surface area contributed by atoms with Gasteiger partial charge in [0.05, 0.1) is 13.0 Å². The molecule has 0 saturated carbocycles. The lowest BCUT2D eigenvalue weighted by Gasteiger charge is -2.37. The van der Waals surface area contributed by atoms with Crippen molar-refractivity contribution in [2.45, 2.75) is 12.0 Å². The molecule has 1 aliphatic rings. The van der Waals surface area contributed by atoms with Crippen molar-refractivity contribution in [3.8, 4) is 5.75 Å². The first-order chi connectivity index (χ1) is 8.68. The van der Waals surface area contributed by atoms with Gasteiger partial charge in [-0.1, -0.05) is 18.2 Å². The number of carbonyl (C=O) groups is 1. The van der Waals surface area contributed by atoms with Gasteiger partial charge in [-0.05, 0) is 12.1 Å². The topological polar surface area (TPSA) is 70.6 Å². The van der Waals surface area contributed by atoms with E-state index < -0.39 is 5.60 Å². The molecule has 0 spiro atoms. The number of ether oxygens (including phenoxy) is 1. The van der Waals surface area contributed by atoms with Crippen LogP contribution in [0.2, 0.25) is 0 Å². The molecule has 0 unspecified atom stereocenters. The van der Waals surface area contributed by atoms with Gasteiger partial charge in [0.1, 0.15) is 11.4 Å². The summed E-state index contributed by atoms with van der Waals surface area (Å²) in [5, 5.41) is 15.4. The average molecular weight is 250 g/mol. The number of nitrogens with one attached hydrogen (secondary N) is 2. The van der Waals surface area contributed by atoms with Crippen molar-refractivity contribution in [2.75, 3.05) is 26.2 Å². The van der Waals surface area contributed by atoms with Crippen molar-refractivity contribution in [3.63, 3.8) is 0 Å². The fourth-order valence-electron chi connectivity index (χ4n) is 1.67. The second-order valence-electron chi connectivity index (χ2n) is 4.52. The lowest BCUT2D eigenvalue weighted by molar-refractivity contribution is -0.123. The van der Waals surface area contributed by atoms with Crippen LogP contribution in [0.25, 0.3) is 0 Å². The minimum atomic E-state index is -0.768. The van der Waals surface area contributed by atoms with Gasteiger partial charge >= 0.3 is 0 Å². The van der Waals surface area contributed by atoms with E-state index in [0.29, 0.717) is 32.7 Å². The van der Waals surface area contributed by atoms with E-state index in [1.54, 1.807) is 0 Å². The van der Waals surface area contributed by atoms with Gasteiger partial charge in [0.25, 0.3) is 0 Å². The van der Waals surface area contributed by atoms with Crippen molar-refractivity contribution in [1.29, 1.82) is 0 Å². The molecule has 0 radical (unpaired) electrons. The first kappa shape index (κ1) is 12.9. The maximum absolute atomic E-state index is 11.5. The second-order valence-corrected chi connectivity index (χ2v) is 4.52. The maximum Gasteiger partial charge on any atom is 0.223 e. The van der Waals surface area contributed by atoms with Gasteiger partial charge in [-0.2, -0.15) is 0 Å². The second kappa shape index (κ2) is 5.84. The van der Waals surface area contributed by atoms with E-state index in [-0.39, 0.29) is 5.91 Å². The number of hydrogen-bond acceptors (Lipinski definition) is 4. The highest BCUT2D eigenvalue weighted by atomic mass is 16.5. The van der Waals surface area contributed by atoms with Gasteiger partial charge in [-0.3, -0.25) is 4.79 Å². The SMILES string of the molecule is O=C(CCOc1ccccc1)NCC1(O)CNC1. The fraction of sp³-hybridized carbons (Fsp3) is 0.462. The molecule has 0 aliphatic carbocycles. The quantitative estimate of drug-likeness (QED) is 0.659. The molecule has 0 aromatic heterocycles. The molecule has 3 N–H and O–H groups in total. The summed E-state index contributed by atoms with van der Waals surface area (Å²) in [5.74, 6) is 0.651. The molecule has 1 fully saturated rings. The lowest BCUT2D eigenvalue weighted by atomic mass is 9.97. The van der Waals surface area contributed by atoms with Gasteiger partial charge in [0.15, 0.2) is 0 Å². The third kappa shape index (κ3) is 3.72. The van der Waals surface area contributed by atoms with E-state index in [9.17, 15) is 9.90 Å². The summed E-state index contributed by atoms with van der Waals surface area (Å²) < 4.78 is 5.41. The zero-order valence-electron chi connectivity index (χ0n) is 10.2. The Hall–Kier alpha value is -1.59. The Morgan fingerprint density at radius 3 is 2.72 bits per heavy atom. The number of aliphatic hydroxyl groups is 1. The van der Waals surface area contributed by atoms with E-state index in [0.717, 1.165) is 5.75 Å². The summed E-state index contributed by atoms with van der Waals surface area (Å²) in [6, 6.07) is 9.37. The first-order valence-electron chi connectivity index (χ1n) is 6.06. The molecular formula is C13H18N2O3. The predicted octanol–water partition coefficient (Wildman–Crippen LogP) is -0.0940. The molecule has 18 heavy (non-hydrogen) atoms. The zero-order valence-corrected chi connectivity index (χ0v) is 10.2. The molecule has 0 bridgehead atoms. The summed E-state index contributed by atoms with van der Waals surface area (Å²) in [6.45, 7) is 1.71. The summed E-state index contributed by atoms with van der Waals surface area (Å²) in [4.78, 5) is 11.5. The van der Waals surface area contributed by atoms with Crippen LogP contribution in [0, 0.1) is 0 Å². The van der Waals surface area contributed by atoms with Crippen molar-refractivity contribution in [1.82, 2.24) is 10.6 Å². The van der Waals surface area contributed by atoms with Gasteiger partial charge in [-0.25, -0.2) is 0 Å². The molecule has 1 amide bonds. The van der Waals surface area contributed by atoms with Crippen molar-refractivity contribution >= 4 is 5.91 Å². The Morgan fingerprint density at radius 2 is 2.11 bits per heavy atom. The molecule has 5 nitrogen and oxygen atoms in total. The first-order valence-corrected chi connectivity index (χ1v) is 6.06. The molecule has 1 aromatic rings. The van der Waals surface area contributed by atoms with Crippen molar-refractivity contribution in [3.05, 3.63) is 30.3 Å². The van der Waals surface area contributed by atoms with Gasteiger partial charge in [0, 0.05) is 19.6 Å². The highest BCUT2D eigenvalue weighted by Crippen LogP contribution is 2.09. The van der Waals surface area contributed by atoms with Crippen LogP contribution >= 0.6 is 0 Å². The Kier molecular flexibility index (Phi) is 4.17. The monoisotopic (exact) mass is 250 g/mol. The van der Waals surface area contributed by atoms with E-state index in [1.165, 1.54) is 0 Å². The molecule has 2 rings (SSSR count). The number of rotatable bonds is 6. The lowest BCUT2D eigenvalue weighted by Crippen LogP contribution is -2.64. The largest absolute Gasteiger partial charge is 0.493 e. The number of hydrogen-bond donors (Lipinski definition) is 3. The molecule has 1 heterocycles. The predicted molar refractivity (Wildman–Crippen MR) is 67.4 cm³/mol. The van der Waals surface area contributed by atoms with Gasteiger partial charge in [-0.15, -0.1) is 0 Å². The van der Waals surface area contributed by atoms with Crippen LogP contribution in [0.4, 0.5) is 0 Å². The van der Waals surface area contributed by atoms with Crippen LogP contribution < -0.4 is 15.4 Å². The Bertz CT molecular complexity index is 390. The number of carbonyl (C=O) groups excluding carboxylic acids is 1. The van der Waals surface area contributed by atoms with E-state index in [4.69, 9.17) is 4.74 Å². The smallest absolute Gasteiger partial charge is 0.223 e. The van der Waals surface area contributed by atoms with Crippen LogP contribution in [-0.4, -0.2) is 42.9 Å². The molecule has 5 heteroatoms. The minimum absolute atomic E-state index is 0.105. The Balaban J connectivity index is 1.60. The fourth-order valence-corrected chi connectivity index (χ4v) is 1.67. The standard InChI is InChI=1S/C13H18N2O3/c16-12(15-10-13(17)8-14-9-13)6-7-18-11-4-2-1-3-5-11/h1-5,14,17H,6-10H2,(H,15,16). The molecule has 1 saturated heterocycles. The Labute approximate surface area is 106 Å². The Morgan fingerprint density at radius 1 is 1.39 bits per heavy atom. The molecule has 0 atom stereocenters. The van der Waals surface area contributed by atoms with Crippen LogP contribution in [0.3, 0.4) is 0 Å². The molecule has 1 aromatic carbocycles. The number of β-amino-alcohol motifs (C(OH)–C–C–N with tert-alkyl or cyclic N) is 1. The summed E-state index contributed by atoms with van der Waals surface area (Å²) in [7, 11) is 0. The van der Waals surface area contributed by atoms with Crippen LogP contribution in [0.5, 0.6) is 5.75 Å². The highest BCUT2D eigenvalue weighted by molar-refractivity contribution is 5.76. The number of benzene rings is 1. The summed E-state index contributed by atoms with van der Waals surface area (Å²) in [6.07, 6.45) is 0.290.